The predicted octanol–water partition coefficient (Wildman–Crippen LogP) is 12.9. The largest absolute Gasteiger partial charge is 0.315 e. The van der Waals surface area contributed by atoms with Crippen molar-refractivity contribution in [2.45, 2.75) is 145 Å². The summed E-state index contributed by atoms with van der Waals surface area (Å²) in [5.74, 6) is 0. The van der Waals surface area contributed by atoms with E-state index >= 15 is 0 Å². The van der Waals surface area contributed by atoms with Gasteiger partial charge in [-0.05, 0) is 117 Å². The molecule has 1 unspecified atom stereocenters. The molecule has 8 rings (SSSR count). The van der Waals surface area contributed by atoms with Gasteiger partial charge in [-0.15, -0.1) is 0 Å². The molecular formula is C54H69BN2Si. The first-order chi connectivity index (χ1) is 27.0. The zero-order valence-electron chi connectivity index (χ0n) is 38.3. The molecule has 0 bridgehead atoms. The van der Waals surface area contributed by atoms with Gasteiger partial charge in [-0.25, -0.2) is 0 Å². The molecule has 302 valence electrons. The van der Waals surface area contributed by atoms with Gasteiger partial charge >= 0.3 is 0 Å². The minimum Gasteiger partial charge on any atom is -0.315 e. The Labute approximate surface area is 353 Å². The van der Waals surface area contributed by atoms with Gasteiger partial charge < -0.3 is 9.80 Å². The highest BCUT2D eigenvalue weighted by atomic mass is 28.3. The van der Waals surface area contributed by atoms with Crippen molar-refractivity contribution in [2.75, 3.05) is 9.80 Å². The number of fused-ring (bicyclic) bond motifs is 4. The van der Waals surface area contributed by atoms with Crippen LogP contribution < -0.4 is 25.9 Å². The molecule has 3 aliphatic carbocycles. The average molecular weight is 785 g/mol. The van der Waals surface area contributed by atoms with E-state index < -0.39 is 8.07 Å². The quantitative estimate of drug-likeness (QED) is 0.243. The van der Waals surface area contributed by atoms with Gasteiger partial charge in [-0.2, -0.15) is 0 Å². The summed E-state index contributed by atoms with van der Waals surface area (Å²) in [6, 6.07) is 26.6. The summed E-state index contributed by atoms with van der Waals surface area (Å²) in [4.78, 5) is 5.55. The zero-order valence-corrected chi connectivity index (χ0v) is 39.3. The van der Waals surface area contributed by atoms with Gasteiger partial charge in [0.2, 0.25) is 0 Å². The maximum Gasteiger partial charge on any atom is 0.251 e. The van der Waals surface area contributed by atoms with E-state index in [4.69, 9.17) is 0 Å². The van der Waals surface area contributed by atoms with E-state index in [9.17, 15) is 0 Å². The number of hydrogen-bond donors (Lipinski definition) is 0. The summed E-state index contributed by atoms with van der Waals surface area (Å²) < 4.78 is 0. The number of rotatable bonds is 4. The summed E-state index contributed by atoms with van der Waals surface area (Å²) in [5, 5.41) is 1.54. The van der Waals surface area contributed by atoms with Crippen molar-refractivity contribution < 1.29 is 0 Å². The van der Waals surface area contributed by atoms with E-state index in [-0.39, 0.29) is 28.4 Å². The fourth-order valence-corrected chi connectivity index (χ4v) is 12.9. The number of allylic oxidation sites excluding steroid dienone is 10. The van der Waals surface area contributed by atoms with E-state index in [0.717, 1.165) is 32.1 Å². The highest BCUT2D eigenvalue weighted by Crippen LogP contribution is 2.52. The van der Waals surface area contributed by atoms with Crippen LogP contribution in [0.5, 0.6) is 0 Å². The van der Waals surface area contributed by atoms with Gasteiger partial charge in [0.25, 0.3) is 6.71 Å². The second-order valence-electron chi connectivity index (χ2n) is 22.6. The Morgan fingerprint density at radius 1 is 0.621 bits per heavy atom. The molecule has 0 fully saturated rings. The molecule has 0 aromatic heterocycles. The van der Waals surface area contributed by atoms with E-state index in [0.29, 0.717) is 5.54 Å². The predicted molar refractivity (Wildman–Crippen MR) is 257 cm³/mol. The van der Waals surface area contributed by atoms with Crippen LogP contribution in [0, 0.1) is 10.8 Å². The maximum absolute atomic E-state index is 2.78. The van der Waals surface area contributed by atoms with Crippen LogP contribution in [0.1, 0.15) is 126 Å². The molecule has 2 heterocycles. The van der Waals surface area contributed by atoms with E-state index in [1.807, 2.05) is 0 Å². The Kier molecular flexibility index (Phi) is 9.86. The number of benzene rings is 3. The van der Waals surface area contributed by atoms with Gasteiger partial charge in [0.1, 0.15) is 0 Å². The van der Waals surface area contributed by atoms with Crippen molar-refractivity contribution in [3.05, 3.63) is 148 Å². The Hall–Kier alpha value is -4.02. The molecule has 0 spiro atoms. The van der Waals surface area contributed by atoms with Gasteiger partial charge in [0.05, 0.1) is 8.07 Å². The number of hydrogen-bond acceptors (Lipinski definition) is 2. The van der Waals surface area contributed by atoms with Crippen molar-refractivity contribution in [1.29, 1.82) is 0 Å². The topological polar surface area (TPSA) is 6.48 Å². The lowest BCUT2D eigenvalue weighted by Crippen LogP contribution is -2.59. The second-order valence-corrected chi connectivity index (χ2v) is 27.4. The summed E-state index contributed by atoms with van der Waals surface area (Å²) in [5.41, 5.74) is 19.3. The minimum atomic E-state index is -2.05. The van der Waals surface area contributed by atoms with Crippen molar-refractivity contribution >= 4 is 42.3 Å². The van der Waals surface area contributed by atoms with Crippen molar-refractivity contribution in [2.24, 2.45) is 10.8 Å². The summed E-state index contributed by atoms with van der Waals surface area (Å²) >= 11 is 0. The minimum absolute atomic E-state index is 0.0263. The monoisotopic (exact) mass is 785 g/mol. The van der Waals surface area contributed by atoms with Crippen LogP contribution in [-0.4, -0.2) is 14.8 Å². The zero-order chi connectivity index (χ0) is 41.7. The van der Waals surface area contributed by atoms with Crippen LogP contribution in [0.15, 0.2) is 137 Å². The van der Waals surface area contributed by atoms with Crippen LogP contribution in [0.2, 0.25) is 18.6 Å². The Morgan fingerprint density at radius 3 is 1.78 bits per heavy atom. The molecule has 2 nitrogen and oxygen atoms in total. The van der Waals surface area contributed by atoms with E-state index in [2.05, 4.69) is 203 Å². The third-order valence-corrected chi connectivity index (χ3v) is 18.1. The highest BCUT2D eigenvalue weighted by molar-refractivity contribution is 6.95. The molecule has 0 radical (unpaired) electrons. The molecule has 58 heavy (non-hydrogen) atoms. The van der Waals surface area contributed by atoms with Crippen molar-refractivity contribution in [3.63, 3.8) is 0 Å². The fourth-order valence-electron chi connectivity index (χ4n) is 10.1. The van der Waals surface area contributed by atoms with Crippen LogP contribution in [0.3, 0.4) is 0 Å². The molecule has 0 N–H and O–H groups in total. The van der Waals surface area contributed by atoms with Crippen LogP contribution in [-0.2, 0) is 10.8 Å². The van der Waals surface area contributed by atoms with Gasteiger partial charge in [-0.3, -0.25) is 0 Å². The first-order valence-electron chi connectivity index (χ1n) is 22.3. The normalized spacial score (nSPS) is 20.1. The molecule has 3 aromatic rings. The first kappa shape index (κ1) is 40.7. The van der Waals surface area contributed by atoms with E-state index in [1.54, 1.807) is 5.57 Å². The molecule has 0 saturated heterocycles. The molecular weight excluding hydrogens is 716 g/mol. The second kappa shape index (κ2) is 14.0. The van der Waals surface area contributed by atoms with Crippen LogP contribution >= 0.6 is 0 Å². The Bertz CT molecular complexity index is 2340. The lowest BCUT2D eigenvalue weighted by Gasteiger charge is -2.51. The van der Waals surface area contributed by atoms with Crippen LogP contribution in [0.4, 0.5) is 11.4 Å². The Morgan fingerprint density at radius 2 is 1.21 bits per heavy atom. The highest BCUT2D eigenvalue weighted by Gasteiger charge is 2.50. The smallest absolute Gasteiger partial charge is 0.251 e. The van der Waals surface area contributed by atoms with Crippen LogP contribution in [0.25, 0.3) is 0 Å². The SMILES string of the molecule is CC(C)(C)C1=CCCC(N2C3=CC([Si](C)(C)c4ccccc4)CC4=C3B(c3ccc(C(C)(C)C)cc32)c2ccc(C(C)(C)C)cc2N4C2=CCCC(C(C)(C)C)=C2)=C1. The average Bonchev–Trinajstić information content (AvgIpc) is 3.16. The van der Waals surface area contributed by atoms with Gasteiger partial charge in [-0.1, -0.05) is 180 Å². The van der Waals surface area contributed by atoms with Gasteiger partial charge in [0, 0.05) is 34.2 Å². The molecule has 0 amide bonds. The molecule has 5 aliphatic rings. The fraction of sp³-hybridized carbons (Fsp3) is 0.444. The number of anilines is 2. The summed E-state index contributed by atoms with van der Waals surface area (Å²) in [7, 11) is -2.05. The van der Waals surface area contributed by atoms with Crippen molar-refractivity contribution in [1.82, 2.24) is 0 Å². The third kappa shape index (κ3) is 7.10. The maximum atomic E-state index is 2.78. The van der Waals surface area contributed by atoms with E-state index in [1.165, 1.54) is 72.4 Å². The Balaban J connectivity index is 1.48. The molecule has 1 atom stereocenters. The molecule has 4 heteroatoms. The first-order valence-corrected chi connectivity index (χ1v) is 25.3. The lowest BCUT2D eigenvalue weighted by molar-refractivity contribution is 0.480. The molecule has 3 aromatic carbocycles. The standard InChI is InChI=1S/C54H69BN2Si/c1-51(2,3)36-20-18-22-40(30-36)56-46-32-38(53(7,8)9)26-28-44(46)55-45-29-27-39(54(10,11)12)33-47(45)57(41-23-19-21-37(31-41)52(4,5)6)49-35-43(34-48(56)50(49)55)58(13,14)42-24-16-15-17-25-42/h15-17,20,23-34,43H,18-19,21-22,35H2,1-14H3. The molecule has 2 aliphatic heterocycles. The number of nitrogens with zero attached hydrogens (tertiary/aromatic N) is 2. The molecule has 0 saturated carbocycles. The third-order valence-electron chi connectivity index (χ3n) is 14.1. The summed E-state index contributed by atoms with van der Waals surface area (Å²) in [6.07, 6.45) is 18.3. The lowest BCUT2D eigenvalue weighted by atomic mass is 9.32. The summed E-state index contributed by atoms with van der Waals surface area (Å²) in [6.45, 7) is 33.9. The van der Waals surface area contributed by atoms with Gasteiger partial charge in [0.15, 0.2) is 0 Å². The van der Waals surface area contributed by atoms with Crippen molar-refractivity contribution in [3.8, 4) is 0 Å².